The molecule has 1 saturated heterocycles. The molecule has 2 heterocycles. The molecule has 1 aromatic rings. The van der Waals surface area contributed by atoms with E-state index in [9.17, 15) is 15.0 Å². The summed E-state index contributed by atoms with van der Waals surface area (Å²) in [5.41, 5.74) is 0.624. The Morgan fingerprint density at radius 3 is 2.60 bits per heavy atom. The zero-order valence-electron chi connectivity index (χ0n) is 8.25. The molecule has 0 aromatic carbocycles. The van der Waals surface area contributed by atoms with Gasteiger partial charge in [0.25, 0.3) is 5.91 Å². The smallest absolute Gasteiger partial charge is 0.292 e. The molecule has 0 radical (unpaired) electrons. The van der Waals surface area contributed by atoms with Crippen LogP contribution in [0.25, 0.3) is 0 Å². The van der Waals surface area contributed by atoms with Gasteiger partial charge in [0, 0.05) is 19.2 Å². The van der Waals surface area contributed by atoms with Gasteiger partial charge in [0.2, 0.25) is 5.76 Å². The number of hydrogen-bond donors (Lipinski definition) is 2. The molecule has 0 spiro atoms. The van der Waals surface area contributed by atoms with Crippen LogP contribution in [0.1, 0.15) is 16.2 Å². The summed E-state index contributed by atoms with van der Waals surface area (Å²) in [6, 6.07) is 1.53. The quantitative estimate of drug-likeness (QED) is 0.634. The lowest BCUT2D eigenvalue weighted by Gasteiger charge is -2.12. The van der Waals surface area contributed by atoms with E-state index in [1.54, 1.807) is 6.92 Å². The SMILES string of the molecule is Cc1cc(C(=O)N2C[C@@H](O)[C@@H](O)C2)on1. The molecular formula is C9H12N2O4. The van der Waals surface area contributed by atoms with Crippen LogP contribution in [-0.2, 0) is 0 Å². The standard InChI is InChI=1S/C9H12N2O4/c1-5-2-8(15-10-5)9(14)11-3-6(12)7(13)4-11/h2,6-7,12-13H,3-4H2,1H3/t6-,7+. The Labute approximate surface area is 86.1 Å². The van der Waals surface area contributed by atoms with Crippen molar-refractivity contribution in [1.82, 2.24) is 10.1 Å². The Kier molecular flexibility index (Phi) is 2.45. The lowest BCUT2D eigenvalue weighted by Crippen LogP contribution is -2.29. The molecule has 1 aliphatic rings. The van der Waals surface area contributed by atoms with E-state index in [0.29, 0.717) is 5.69 Å². The average molecular weight is 212 g/mol. The second kappa shape index (κ2) is 3.63. The van der Waals surface area contributed by atoms with E-state index in [4.69, 9.17) is 4.52 Å². The van der Waals surface area contributed by atoms with Gasteiger partial charge in [-0.05, 0) is 6.92 Å². The van der Waals surface area contributed by atoms with Crippen LogP contribution in [0.2, 0.25) is 0 Å². The van der Waals surface area contributed by atoms with Gasteiger partial charge in [-0.25, -0.2) is 0 Å². The molecule has 2 atom stereocenters. The van der Waals surface area contributed by atoms with Crippen molar-refractivity contribution >= 4 is 5.91 Å². The number of hydrogen-bond acceptors (Lipinski definition) is 5. The summed E-state index contributed by atoms with van der Waals surface area (Å²) >= 11 is 0. The molecule has 1 amide bonds. The van der Waals surface area contributed by atoms with Crippen molar-refractivity contribution in [2.24, 2.45) is 0 Å². The van der Waals surface area contributed by atoms with E-state index in [-0.39, 0.29) is 24.8 Å². The number of nitrogens with zero attached hydrogens (tertiary/aromatic N) is 2. The van der Waals surface area contributed by atoms with Gasteiger partial charge in [-0.2, -0.15) is 0 Å². The van der Waals surface area contributed by atoms with Crippen molar-refractivity contribution in [1.29, 1.82) is 0 Å². The molecule has 2 rings (SSSR count). The maximum atomic E-state index is 11.7. The van der Waals surface area contributed by atoms with E-state index in [1.807, 2.05) is 0 Å². The first-order valence-corrected chi connectivity index (χ1v) is 4.66. The summed E-state index contributed by atoms with van der Waals surface area (Å²) in [5.74, 6) is -0.222. The van der Waals surface area contributed by atoms with Crippen molar-refractivity contribution in [3.8, 4) is 0 Å². The Balaban J connectivity index is 2.10. The Morgan fingerprint density at radius 1 is 1.53 bits per heavy atom. The number of carbonyl (C=O) groups excluding carboxylic acids is 1. The van der Waals surface area contributed by atoms with Crippen molar-refractivity contribution < 1.29 is 19.5 Å². The van der Waals surface area contributed by atoms with Crippen molar-refractivity contribution in [3.05, 3.63) is 17.5 Å². The highest BCUT2D eigenvalue weighted by molar-refractivity contribution is 5.91. The minimum Gasteiger partial charge on any atom is -0.388 e. The highest BCUT2D eigenvalue weighted by Gasteiger charge is 2.34. The second-order valence-electron chi connectivity index (χ2n) is 3.68. The van der Waals surface area contributed by atoms with Crippen LogP contribution in [0.15, 0.2) is 10.6 Å². The topological polar surface area (TPSA) is 86.8 Å². The summed E-state index contributed by atoms with van der Waals surface area (Å²) in [4.78, 5) is 13.1. The van der Waals surface area contributed by atoms with Crippen molar-refractivity contribution in [2.75, 3.05) is 13.1 Å². The van der Waals surface area contributed by atoms with E-state index in [0.717, 1.165) is 0 Å². The van der Waals surface area contributed by atoms with Crippen molar-refractivity contribution in [3.63, 3.8) is 0 Å². The minimum absolute atomic E-state index is 0.125. The molecule has 2 N–H and O–H groups in total. The fourth-order valence-corrected chi connectivity index (χ4v) is 1.56. The third kappa shape index (κ3) is 1.86. The molecule has 0 aliphatic carbocycles. The van der Waals surface area contributed by atoms with Crippen LogP contribution in [0.5, 0.6) is 0 Å². The summed E-state index contributed by atoms with van der Waals surface area (Å²) in [6.07, 6.45) is -1.75. The van der Waals surface area contributed by atoms with Gasteiger partial charge in [-0.15, -0.1) is 0 Å². The molecule has 1 fully saturated rings. The van der Waals surface area contributed by atoms with Crippen LogP contribution < -0.4 is 0 Å². The molecule has 1 aromatic heterocycles. The van der Waals surface area contributed by atoms with E-state index in [2.05, 4.69) is 5.16 Å². The molecule has 82 valence electrons. The number of carbonyl (C=O) groups is 1. The van der Waals surface area contributed by atoms with Gasteiger partial charge in [0.05, 0.1) is 17.9 Å². The molecular weight excluding hydrogens is 200 g/mol. The van der Waals surface area contributed by atoms with Crippen LogP contribution in [0, 0.1) is 6.92 Å². The molecule has 0 saturated carbocycles. The first-order chi connectivity index (χ1) is 7.08. The Morgan fingerprint density at radius 2 is 2.13 bits per heavy atom. The maximum Gasteiger partial charge on any atom is 0.292 e. The first-order valence-electron chi connectivity index (χ1n) is 4.66. The molecule has 6 heteroatoms. The number of rotatable bonds is 1. The molecule has 15 heavy (non-hydrogen) atoms. The monoisotopic (exact) mass is 212 g/mol. The Bertz CT molecular complexity index is 366. The fourth-order valence-electron chi connectivity index (χ4n) is 1.56. The fraction of sp³-hybridized carbons (Fsp3) is 0.556. The van der Waals surface area contributed by atoms with Crippen LogP contribution in [0.3, 0.4) is 0 Å². The zero-order chi connectivity index (χ0) is 11.0. The van der Waals surface area contributed by atoms with E-state index < -0.39 is 12.2 Å². The number of β-amino-alcohol motifs (C(OH)–C–C–N with tert-alkyl or cyclic N) is 2. The number of aliphatic hydroxyl groups is 2. The summed E-state index contributed by atoms with van der Waals surface area (Å²) in [6.45, 7) is 1.97. The van der Waals surface area contributed by atoms with Crippen LogP contribution in [0.4, 0.5) is 0 Å². The largest absolute Gasteiger partial charge is 0.388 e. The molecule has 1 aliphatic heterocycles. The maximum absolute atomic E-state index is 11.7. The Hall–Kier alpha value is -1.40. The van der Waals surface area contributed by atoms with E-state index in [1.165, 1.54) is 11.0 Å². The van der Waals surface area contributed by atoms with Gasteiger partial charge in [-0.1, -0.05) is 5.16 Å². The van der Waals surface area contributed by atoms with Gasteiger partial charge >= 0.3 is 0 Å². The summed E-state index contributed by atoms with van der Waals surface area (Å²) < 4.78 is 4.80. The number of likely N-dealkylation sites (tertiary alicyclic amines) is 1. The molecule has 0 bridgehead atoms. The highest BCUT2D eigenvalue weighted by Crippen LogP contribution is 2.14. The third-order valence-corrected chi connectivity index (χ3v) is 2.39. The number of aryl methyl sites for hydroxylation is 1. The van der Waals surface area contributed by atoms with Gasteiger partial charge in [0.1, 0.15) is 0 Å². The third-order valence-electron chi connectivity index (χ3n) is 2.39. The molecule has 6 nitrogen and oxygen atoms in total. The van der Waals surface area contributed by atoms with Gasteiger partial charge in [0.15, 0.2) is 0 Å². The number of aromatic nitrogens is 1. The van der Waals surface area contributed by atoms with Crippen molar-refractivity contribution in [2.45, 2.75) is 19.1 Å². The van der Waals surface area contributed by atoms with Gasteiger partial charge < -0.3 is 19.6 Å². The minimum atomic E-state index is -0.877. The summed E-state index contributed by atoms with van der Waals surface area (Å²) in [5, 5.41) is 22.2. The predicted molar refractivity (Wildman–Crippen MR) is 49.2 cm³/mol. The number of amides is 1. The average Bonchev–Trinajstić information content (AvgIpc) is 2.74. The second-order valence-corrected chi connectivity index (χ2v) is 3.68. The molecule has 0 unspecified atom stereocenters. The van der Waals surface area contributed by atoms with Crippen LogP contribution in [-0.4, -0.2) is 51.5 Å². The number of aliphatic hydroxyl groups excluding tert-OH is 2. The highest BCUT2D eigenvalue weighted by atomic mass is 16.5. The summed E-state index contributed by atoms with van der Waals surface area (Å²) in [7, 11) is 0. The lowest BCUT2D eigenvalue weighted by molar-refractivity contribution is 0.0572. The predicted octanol–water partition coefficient (Wildman–Crippen LogP) is -0.839. The first kappa shape index (κ1) is 10.1. The normalized spacial score (nSPS) is 25.9. The van der Waals surface area contributed by atoms with Gasteiger partial charge in [-0.3, -0.25) is 4.79 Å². The van der Waals surface area contributed by atoms with Crippen LogP contribution >= 0.6 is 0 Å². The zero-order valence-corrected chi connectivity index (χ0v) is 8.25. The van der Waals surface area contributed by atoms with E-state index >= 15 is 0 Å². The lowest BCUT2D eigenvalue weighted by atomic mass is 10.3.